The highest BCUT2D eigenvalue weighted by Gasteiger charge is 2.23. The Labute approximate surface area is 124 Å². The number of halogens is 1. The number of carbonyl (C=O) groups is 1. The van der Waals surface area contributed by atoms with Gasteiger partial charge in [0, 0.05) is 16.6 Å². The SMILES string of the molecule is Cc1cnc(NS(=O)(=O)c2cc(C(=O)O)cc(F)c2C)s1. The molecule has 2 aromatic rings. The first-order valence-electron chi connectivity index (χ1n) is 5.69. The molecule has 0 saturated carbocycles. The van der Waals surface area contributed by atoms with Crippen LogP contribution in [0.15, 0.2) is 23.2 Å². The van der Waals surface area contributed by atoms with Crippen molar-refractivity contribution in [3.8, 4) is 0 Å². The molecule has 9 heteroatoms. The predicted molar refractivity (Wildman–Crippen MR) is 75.8 cm³/mol. The van der Waals surface area contributed by atoms with Gasteiger partial charge in [0.1, 0.15) is 5.82 Å². The largest absolute Gasteiger partial charge is 0.478 e. The fourth-order valence-electron chi connectivity index (χ4n) is 1.63. The number of aromatic nitrogens is 1. The molecule has 0 radical (unpaired) electrons. The average molecular weight is 330 g/mol. The van der Waals surface area contributed by atoms with Crippen molar-refractivity contribution in [3.05, 3.63) is 40.2 Å². The summed E-state index contributed by atoms with van der Waals surface area (Å²) in [6, 6.07) is 1.70. The number of benzene rings is 1. The first-order chi connectivity index (χ1) is 9.70. The average Bonchev–Trinajstić information content (AvgIpc) is 2.76. The van der Waals surface area contributed by atoms with Crippen molar-refractivity contribution in [1.82, 2.24) is 4.98 Å². The van der Waals surface area contributed by atoms with Gasteiger partial charge in [0.05, 0.1) is 10.5 Å². The summed E-state index contributed by atoms with van der Waals surface area (Å²) < 4.78 is 40.4. The molecule has 0 atom stereocenters. The van der Waals surface area contributed by atoms with Crippen molar-refractivity contribution in [2.45, 2.75) is 18.7 Å². The Kier molecular flexibility index (Phi) is 3.97. The molecule has 0 unspecified atom stereocenters. The normalized spacial score (nSPS) is 11.4. The number of nitrogens with zero attached hydrogens (tertiary/aromatic N) is 1. The fourth-order valence-corrected chi connectivity index (χ4v) is 3.81. The van der Waals surface area contributed by atoms with Gasteiger partial charge in [-0.15, -0.1) is 11.3 Å². The minimum atomic E-state index is -4.11. The van der Waals surface area contributed by atoms with Crippen LogP contribution in [0, 0.1) is 19.7 Å². The third kappa shape index (κ3) is 3.19. The summed E-state index contributed by atoms with van der Waals surface area (Å²) in [4.78, 5) is 15.1. The molecule has 0 fully saturated rings. The summed E-state index contributed by atoms with van der Waals surface area (Å²) in [6.45, 7) is 3.02. The minimum Gasteiger partial charge on any atom is -0.478 e. The van der Waals surface area contributed by atoms with Crippen LogP contribution in [-0.2, 0) is 10.0 Å². The van der Waals surface area contributed by atoms with Gasteiger partial charge >= 0.3 is 5.97 Å². The fraction of sp³-hybridized carbons (Fsp3) is 0.167. The number of carboxylic acids is 1. The first-order valence-corrected chi connectivity index (χ1v) is 7.99. The zero-order valence-electron chi connectivity index (χ0n) is 11.0. The molecule has 0 bridgehead atoms. The van der Waals surface area contributed by atoms with Crippen LogP contribution in [0.4, 0.5) is 9.52 Å². The molecular weight excluding hydrogens is 319 g/mol. The number of sulfonamides is 1. The third-order valence-corrected chi connectivity index (χ3v) is 5.10. The van der Waals surface area contributed by atoms with Crippen LogP contribution < -0.4 is 4.72 Å². The molecule has 0 saturated heterocycles. The van der Waals surface area contributed by atoms with Crippen molar-refractivity contribution < 1.29 is 22.7 Å². The molecule has 0 spiro atoms. The lowest BCUT2D eigenvalue weighted by atomic mass is 10.1. The van der Waals surface area contributed by atoms with Crippen LogP contribution in [0.3, 0.4) is 0 Å². The monoisotopic (exact) mass is 330 g/mol. The van der Waals surface area contributed by atoms with E-state index in [0.717, 1.165) is 28.3 Å². The number of hydrogen-bond acceptors (Lipinski definition) is 5. The van der Waals surface area contributed by atoms with Crippen molar-refractivity contribution in [2.75, 3.05) is 4.72 Å². The zero-order valence-corrected chi connectivity index (χ0v) is 12.7. The Morgan fingerprint density at radius 3 is 2.57 bits per heavy atom. The van der Waals surface area contributed by atoms with E-state index in [9.17, 15) is 17.6 Å². The van der Waals surface area contributed by atoms with Gasteiger partial charge < -0.3 is 5.11 Å². The summed E-state index contributed by atoms with van der Waals surface area (Å²) in [6.07, 6.45) is 1.49. The quantitative estimate of drug-likeness (QED) is 0.897. The highest BCUT2D eigenvalue weighted by atomic mass is 32.2. The number of aromatic carboxylic acids is 1. The van der Waals surface area contributed by atoms with Gasteiger partial charge in [0.2, 0.25) is 0 Å². The number of nitrogens with one attached hydrogen (secondary N) is 1. The van der Waals surface area contributed by atoms with E-state index in [4.69, 9.17) is 5.11 Å². The van der Waals surface area contributed by atoms with Crippen LogP contribution in [-0.4, -0.2) is 24.5 Å². The minimum absolute atomic E-state index is 0.132. The Hall–Kier alpha value is -2.00. The molecule has 0 aliphatic carbocycles. The topological polar surface area (TPSA) is 96.4 Å². The zero-order chi connectivity index (χ0) is 15.8. The Morgan fingerprint density at radius 1 is 1.38 bits per heavy atom. The second kappa shape index (κ2) is 5.41. The van der Waals surface area contributed by atoms with E-state index in [1.54, 1.807) is 6.92 Å². The molecule has 0 amide bonds. The van der Waals surface area contributed by atoms with Crippen LogP contribution in [0.5, 0.6) is 0 Å². The second-order valence-corrected chi connectivity index (χ2v) is 7.15. The lowest BCUT2D eigenvalue weighted by molar-refractivity contribution is 0.0696. The number of carboxylic acid groups (broad SMARTS) is 1. The summed E-state index contributed by atoms with van der Waals surface area (Å²) in [5.74, 6) is -2.30. The van der Waals surface area contributed by atoms with Gasteiger partial charge in [0.25, 0.3) is 10.0 Å². The molecule has 21 heavy (non-hydrogen) atoms. The molecule has 2 N–H and O–H groups in total. The molecule has 1 aromatic heterocycles. The number of aryl methyl sites for hydroxylation is 1. The lowest BCUT2D eigenvalue weighted by Gasteiger charge is -2.10. The van der Waals surface area contributed by atoms with Gasteiger partial charge in [-0.1, -0.05) is 0 Å². The molecular formula is C12H11FN2O4S2. The molecule has 112 valence electrons. The summed E-state index contributed by atoms with van der Waals surface area (Å²) >= 11 is 1.12. The summed E-state index contributed by atoms with van der Waals surface area (Å²) in [5, 5.41) is 9.02. The molecule has 0 aliphatic rings. The Bertz CT molecular complexity index is 815. The Morgan fingerprint density at radius 2 is 2.05 bits per heavy atom. The van der Waals surface area contributed by atoms with Gasteiger partial charge in [-0.2, -0.15) is 0 Å². The highest BCUT2D eigenvalue weighted by molar-refractivity contribution is 7.93. The number of hydrogen-bond donors (Lipinski definition) is 2. The van der Waals surface area contributed by atoms with Gasteiger partial charge in [-0.25, -0.2) is 22.6 Å². The smallest absolute Gasteiger partial charge is 0.335 e. The maximum Gasteiger partial charge on any atom is 0.335 e. The second-order valence-electron chi connectivity index (χ2n) is 4.27. The summed E-state index contributed by atoms with van der Waals surface area (Å²) in [7, 11) is -4.11. The molecule has 0 aliphatic heterocycles. The van der Waals surface area contributed by atoms with Crippen molar-refractivity contribution in [2.24, 2.45) is 0 Å². The van der Waals surface area contributed by atoms with E-state index in [2.05, 4.69) is 9.71 Å². The number of thiazole rings is 1. The van der Waals surface area contributed by atoms with E-state index in [-0.39, 0.29) is 10.7 Å². The molecule has 1 heterocycles. The standard InChI is InChI=1S/C12H11FN2O4S2/c1-6-5-14-12(20-6)15-21(18,19)10-4-8(11(16)17)3-9(13)7(10)2/h3-5H,1-2H3,(H,14,15)(H,16,17). The Balaban J connectivity index is 2.51. The van der Waals surface area contributed by atoms with E-state index < -0.39 is 32.3 Å². The molecule has 1 aromatic carbocycles. The van der Waals surface area contributed by atoms with Gasteiger partial charge in [-0.05, 0) is 26.0 Å². The van der Waals surface area contributed by atoms with E-state index in [0.29, 0.717) is 0 Å². The van der Waals surface area contributed by atoms with E-state index >= 15 is 0 Å². The predicted octanol–water partition coefficient (Wildman–Crippen LogP) is 2.40. The van der Waals surface area contributed by atoms with E-state index in [1.165, 1.54) is 13.1 Å². The maximum atomic E-state index is 13.7. The summed E-state index contributed by atoms with van der Waals surface area (Å²) in [5.41, 5.74) is -0.588. The van der Waals surface area contributed by atoms with Crippen LogP contribution in [0.1, 0.15) is 20.8 Å². The van der Waals surface area contributed by atoms with Crippen LogP contribution >= 0.6 is 11.3 Å². The first kappa shape index (κ1) is 15.4. The number of rotatable bonds is 4. The maximum absolute atomic E-state index is 13.7. The highest BCUT2D eigenvalue weighted by Crippen LogP contribution is 2.25. The van der Waals surface area contributed by atoms with Gasteiger partial charge in [-0.3, -0.25) is 4.72 Å². The third-order valence-electron chi connectivity index (χ3n) is 2.68. The lowest BCUT2D eigenvalue weighted by Crippen LogP contribution is -2.16. The van der Waals surface area contributed by atoms with Crippen molar-refractivity contribution >= 4 is 32.5 Å². The van der Waals surface area contributed by atoms with Gasteiger partial charge in [0.15, 0.2) is 5.13 Å². The molecule has 6 nitrogen and oxygen atoms in total. The van der Waals surface area contributed by atoms with Crippen molar-refractivity contribution in [1.29, 1.82) is 0 Å². The van der Waals surface area contributed by atoms with Crippen molar-refractivity contribution in [3.63, 3.8) is 0 Å². The van der Waals surface area contributed by atoms with Crippen LogP contribution in [0.25, 0.3) is 0 Å². The van der Waals surface area contributed by atoms with E-state index in [1.807, 2.05) is 0 Å². The number of anilines is 1. The molecule has 2 rings (SSSR count). The van der Waals surface area contributed by atoms with Crippen LogP contribution in [0.2, 0.25) is 0 Å².